The number of aryl methyl sites for hydroxylation is 1. The molecule has 1 aromatic heterocycles. The van der Waals surface area contributed by atoms with E-state index in [1.807, 2.05) is 37.5 Å². The minimum atomic E-state index is -0.892. The van der Waals surface area contributed by atoms with Gasteiger partial charge in [0.05, 0.1) is 12.6 Å². The van der Waals surface area contributed by atoms with E-state index in [9.17, 15) is 9.59 Å². The van der Waals surface area contributed by atoms with Crippen LogP contribution in [-0.2, 0) is 14.3 Å². The molecule has 3 rings (SSSR count). The van der Waals surface area contributed by atoms with Crippen LogP contribution in [-0.4, -0.2) is 49.4 Å². The van der Waals surface area contributed by atoms with Crippen molar-refractivity contribution in [2.45, 2.75) is 32.9 Å². The Morgan fingerprint density at radius 3 is 2.68 bits per heavy atom. The third kappa shape index (κ3) is 4.04. The number of hydrogen-bond donors (Lipinski definition) is 0. The number of carbonyl (C=O) groups excluding carboxylic acids is 2. The predicted octanol–water partition coefficient (Wildman–Crippen LogP) is 2.88. The van der Waals surface area contributed by atoms with E-state index in [2.05, 4.69) is 0 Å². The van der Waals surface area contributed by atoms with Crippen LogP contribution in [0.4, 0.5) is 0 Å². The van der Waals surface area contributed by atoms with Crippen molar-refractivity contribution in [3.63, 3.8) is 0 Å². The van der Waals surface area contributed by atoms with E-state index in [0.29, 0.717) is 23.7 Å². The molecule has 2 aromatic rings. The van der Waals surface area contributed by atoms with Gasteiger partial charge in [0.25, 0.3) is 0 Å². The SMILES string of the molecule is COC[C@H](C)n1c(C)cc(C(=O)COC(=O)[C@H]2COc3ccccc3O2)c1C. The second kappa shape index (κ2) is 8.48. The van der Waals surface area contributed by atoms with Gasteiger partial charge in [-0.1, -0.05) is 12.1 Å². The summed E-state index contributed by atoms with van der Waals surface area (Å²) in [6.07, 6.45) is -0.892. The first-order valence-corrected chi connectivity index (χ1v) is 9.18. The average molecular weight is 387 g/mol. The Morgan fingerprint density at radius 1 is 1.25 bits per heavy atom. The molecule has 28 heavy (non-hydrogen) atoms. The highest BCUT2D eigenvalue weighted by Crippen LogP contribution is 2.31. The van der Waals surface area contributed by atoms with Crippen molar-refractivity contribution in [1.82, 2.24) is 4.57 Å². The highest BCUT2D eigenvalue weighted by Gasteiger charge is 2.29. The highest BCUT2D eigenvalue weighted by molar-refractivity contribution is 5.99. The molecular weight excluding hydrogens is 362 g/mol. The fourth-order valence-electron chi connectivity index (χ4n) is 3.50. The lowest BCUT2D eigenvalue weighted by molar-refractivity contribution is -0.153. The van der Waals surface area contributed by atoms with Crippen molar-refractivity contribution >= 4 is 11.8 Å². The zero-order valence-electron chi connectivity index (χ0n) is 16.6. The zero-order chi connectivity index (χ0) is 20.3. The van der Waals surface area contributed by atoms with Crippen LogP contribution in [0.15, 0.2) is 30.3 Å². The summed E-state index contributed by atoms with van der Waals surface area (Å²) in [7, 11) is 1.64. The van der Waals surface area contributed by atoms with E-state index >= 15 is 0 Å². The van der Waals surface area contributed by atoms with Crippen LogP contribution in [0.3, 0.4) is 0 Å². The van der Waals surface area contributed by atoms with Gasteiger partial charge in [0.2, 0.25) is 11.9 Å². The predicted molar refractivity (Wildman–Crippen MR) is 102 cm³/mol. The molecule has 2 atom stereocenters. The second-order valence-electron chi connectivity index (χ2n) is 6.85. The minimum absolute atomic E-state index is 0.0487. The first-order valence-electron chi connectivity index (χ1n) is 9.18. The lowest BCUT2D eigenvalue weighted by Gasteiger charge is -2.24. The average Bonchev–Trinajstić information content (AvgIpc) is 2.99. The Kier molecular flexibility index (Phi) is 6.04. The summed E-state index contributed by atoms with van der Waals surface area (Å²) in [5.74, 6) is 0.191. The summed E-state index contributed by atoms with van der Waals surface area (Å²) in [5, 5.41) is 0. The molecule has 0 radical (unpaired) electrons. The lowest BCUT2D eigenvalue weighted by Crippen LogP contribution is -2.38. The number of carbonyl (C=O) groups is 2. The number of hydrogen-bond acceptors (Lipinski definition) is 6. The molecule has 1 aromatic carbocycles. The first-order chi connectivity index (χ1) is 13.4. The minimum Gasteiger partial charge on any atom is -0.485 e. The summed E-state index contributed by atoms with van der Waals surface area (Å²) < 4.78 is 23.6. The van der Waals surface area contributed by atoms with Gasteiger partial charge in [-0.05, 0) is 39.0 Å². The van der Waals surface area contributed by atoms with Gasteiger partial charge in [-0.2, -0.15) is 0 Å². The summed E-state index contributed by atoms with van der Waals surface area (Å²) in [6, 6.07) is 9.01. The molecule has 7 heteroatoms. The summed E-state index contributed by atoms with van der Waals surface area (Å²) in [5.41, 5.74) is 2.33. The standard InChI is InChI=1S/C21H25NO6/c1-13-9-16(15(3)22(13)14(2)10-25-4)17(23)11-27-21(24)20-12-26-18-7-5-6-8-19(18)28-20/h5-9,14,20H,10-12H2,1-4H3/t14-,20+/m0/s1. The van der Waals surface area contributed by atoms with Gasteiger partial charge in [-0.25, -0.2) is 4.79 Å². The molecule has 0 N–H and O–H groups in total. The van der Waals surface area contributed by atoms with Crippen LogP contribution in [0.25, 0.3) is 0 Å². The zero-order valence-corrected chi connectivity index (χ0v) is 16.6. The van der Waals surface area contributed by atoms with Crippen molar-refractivity contribution in [2.75, 3.05) is 26.9 Å². The molecular formula is C21H25NO6. The molecule has 7 nitrogen and oxygen atoms in total. The van der Waals surface area contributed by atoms with Crippen LogP contribution in [0, 0.1) is 13.8 Å². The van der Waals surface area contributed by atoms with Crippen molar-refractivity contribution in [2.24, 2.45) is 0 Å². The third-order valence-electron chi connectivity index (χ3n) is 4.75. The number of esters is 1. The van der Waals surface area contributed by atoms with Crippen LogP contribution < -0.4 is 9.47 Å². The van der Waals surface area contributed by atoms with E-state index < -0.39 is 12.1 Å². The van der Waals surface area contributed by atoms with E-state index in [1.54, 1.807) is 25.3 Å². The van der Waals surface area contributed by atoms with Gasteiger partial charge in [0.15, 0.2) is 18.1 Å². The topological polar surface area (TPSA) is 76.0 Å². The number of benzene rings is 1. The molecule has 0 unspecified atom stereocenters. The Balaban J connectivity index is 1.62. The number of rotatable bonds is 7. The molecule has 0 spiro atoms. The van der Waals surface area contributed by atoms with E-state index in [1.165, 1.54) is 0 Å². The number of nitrogens with zero attached hydrogens (tertiary/aromatic N) is 1. The fraction of sp³-hybridized carbons (Fsp3) is 0.429. The van der Waals surface area contributed by atoms with Crippen LogP contribution in [0.1, 0.15) is 34.7 Å². The molecule has 1 aliphatic rings. The summed E-state index contributed by atoms with van der Waals surface area (Å²) >= 11 is 0. The number of methoxy groups -OCH3 is 1. The lowest BCUT2D eigenvalue weighted by atomic mass is 10.1. The van der Waals surface area contributed by atoms with Crippen LogP contribution >= 0.6 is 0 Å². The van der Waals surface area contributed by atoms with Gasteiger partial charge in [-0.15, -0.1) is 0 Å². The number of Topliss-reactive ketones (excluding diaryl/α,β-unsaturated/α-hetero) is 1. The van der Waals surface area contributed by atoms with Gasteiger partial charge >= 0.3 is 5.97 Å². The Labute approximate surface area is 164 Å². The van der Waals surface area contributed by atoms with Gasteiger partial charge in [-0.3, -0.25) is 4.79 Å². The van der Waals surface area contributed by atoms with Crippen molar-refractivity contribution < 1.29 is 28.5 Å². The molecule has 0 bridgehead atoms. The molecule has 0 fully saturated rings. The third-order valence-corrected chi connectivity index (χ3v) is 4.75. The van der Waals surface area contributed by atoms with Crippen LogP contribution in [0.5, 0.6) is 11.5 Å². The van der Waals surface area contributed by atoms with Gasteiger partial charge in [0.1, 0.15) is 6.61 Å². The van der Waals surface area contributed by atoms with Crippen LogP contribution in [0.2, 0.25) is 0 Å². The van der Waals surface area contributed by atoms with Crippen molar-refractivity contribution in [3.05, 3.63) is 47.3 Å². The maximum Gasteiger partial charge on any atom is 0.351 e. The van der Waals surface area contributed by atoms with Crippen molar-refractivity contribution in [3.8, 4) is 11.5 Å². The molecule has 2 heterocycles. The molecule has 0 saturated heterocycles. The van der Waals surface area contributed by atoms with E-state index in [-0.39, 0.29) is 25.0 Å². The maximum atomic E-state index is 12.6. The second-order valence-corrected chi connectivity index (χ2v) is 6.85. The Hall–Kier alpha value is -2.80. The Bertz CT molecular complexity index is 872. The fourth-order valence-corrected chi connectivity index (χ4v) is 3.50. The van der Waals surface area contributed by atoms with E-state index in [0.717, 1.165) is 11.4 Å². The Morgan fingerprint density at radius 2 is 1.96 bits per heavy atom. The van der Waals surface area contributed by atoms with Crippen molar-refractivity contribution in [1.29, 1.82) is 0 Å². The molecule has 0 saturated carbocycles. The number of para-hydroxylation sites is 2. The highest BCUT2D eigenvalue weighted by atomic mass is 16.6. The molecule has 150 valence electrons. The van der Waals surface area contributed by atoms with Gasteiger partial charge < -0.3 is 23.5 Å². The maximum absolute atomic E-state index is 12.6. The number of aromatic nitrogens is 1. The first kappa shape index (κ1) is 19.9. The number of ketones is 1. The quantitative estimate of drug-likeness (QED) is 0.537. The monoisotopic (exact) mass is 387 g/mol. The summed E-state index contributed by atoms with van der Waals surface area (Å²) in [6.45, 7) is 6.09. The normalized spacial score (nSPS) is 16.5. The summed E-state index contributed by atoms with van der Waals surface area (Å²) in [4.78, 5) is 24.9. The number of ether oxygens (including phenoxy) is 4. The van der Waals surface area contributed by atoms with Gasteiger partial charge in [0, 0.05) is 24.1 Å². The molecule has 1 aliphatic heterocycles. The molecule has 0 amide bonds. The number of fused-ring (bicyclic) bond motifs is 1. The smallest absolute Gasteiger partial charge is 0.351 e. The largest absolute Gasteiger partial charge is 0.485 e. The molecule has 0 aliphatic carbocycles. The van der Waals surface area contributed by atoms with E-state index in [4.69, 9.17) is 18.9 Å².